The van der Waals surface area contributed by atoms with Gasteiger partial charge in [0.05, 0.1) is 58.6 Å². The van der Waals surface area contributed by atoms with Gasteiger partial charge in [-0.2, -0.15) is 0 Å². The van der Waals surface area contributed by atoms with Crippen LogP contribution in [0.4, 0.5) is 0 Å². The molecule has 0 spiro atoms. The molecule has 12 rings (SSSR count). The summed E-state index contributed by atoms with van der Waals surface area (Å²) in [5, 5.41) is 224. The molecule has 20 atom stereocenters. The number of hydrogen-bond acceptors (Lipinski definition) is 37. The predicted octanol–water partition coefficient (Wildman–Crippen LogP) is 3.30. The molecule has 4 fully saturated rings. The van der Waals surface area contributed by atoms with Gasteiger partial charge in [0, 0.05) is 103 Å². The minimum absolute atomic E-state index is 0.0114. The van der Waals surface area contributed by atoms with Gasteiger partial charge in [-0.25, -0.2) is 0 Å². The first-order chi connectivity index (χ1) is 69.9. The average Bonchev–Trinajstić information content (AvgIpc) is 1.63. The third kappa shape index (κ3) is 33.7. The third-order valence-electron chi connectivity index (χ3n) is 26.3. The number of benzene rings is 4. The number of aliphatic hydroxyl groups is 19. The molecule has 44 heteroatoms. The van der Waals surface area contributed by atoms with E-state index in [-0.39, 0.29) is 90.1 Å². The Morgan fingerprint density at radius 1 is 0.374 bits per heavy atom. The Labute approximate surface area is 856 Å². The van der Waals surface area contributed by atoms with E-state index in [2.05, 4.69) is 59.6 Å². The van der Waals surface area contributed by atoms with Crippen LogP contribution in [-0.2, 0) is 44.6 Å². The van der Waals surface area contributed by atoms with Gasteiger partial charge in [0.15, 0.2) is 5.96 Å². The number of ether oxygens (including phenoxy) is 12. The Bertz CT molecular complexity index is 5310. The first-order valence-electron chi connectivity index (χ1n) is 50.2. The molecule has 147 heavy (non-hydrogen) atoms. The largest absolute Gasteiger partial charge is 0.494 e. The molecule has 8 heterocycles. The maximum absolute atomic E-state index is 10.4. The Morgan fingerprint density at radius 3 is 0.878 bits per heavy atom. The first kappa shape index (κ1) is 120. The molecule has 0 radical (unpaired) electrons. The number of guanidine groups is 1. The van der Waals surface area contributed by atoms with Crippen molar-refractivity contribution in [1.82, 2.24) is 40.8 Å². The molecule has 4 aromatic carbocycles. The molecule has 822 valence electrons. The molecule has 44 nitrogen and oxygen atoms in total. The molecule has 4 aliphatic rings. The molecule has 4 aromatic heterocycles. The van der Waals surface area contributed by atoms with E-state index in [0.717, 1.165) is 158 Å². The summed E-state index contributed by atoms with van der Waals surface area (Å²) >= 11 is 0. The van der Waals surface area contributed by atoms with Crippen LogP contribution in [0.15, 0.2) is 77.8 Å². The molecule has 0 bridgehead atoms. The second-order valence-corrected chi connectivity index (χ2v) is 39.8. The minimum atomic E-state index is -1.54. The highest BCUT2D eigenvalue weighted by Crippen LogP contribution is 2.40. The summed E-state index contributed by atoms with van der Waals surface area (Å²) in [5.74, 6) is 4.39. The highest BCUT2D eigenvalue weighted by atomic mass is 16.7. The summed E-state index contributed by atoms with van der Waals surface area (Å²) in [6.45, 7) is 28.6. The topological polar surface area (TPSA) is 724 Å². The number of nitrogens with one attached hydrogen (secondary N) is 5. The van der Waals surface area contributed by atoms with Crippen LogP contribution in [0.5, 0.6) is 46.5 Å². The van der Waals surface area contributed by atoms with Crippen molar-refractivity contribution in [3.63, 3.8) is 0 Å². The fraction of sp³-hybridized carbons (Fsp3) is 0.631. The molecule has 0 saturated carbocycles. The van der Waals surface area contributed by atoms with Crippen LogP contribution in [0.3, 0.4) is 0 Å². The number of unbranched alkanes of at least 4 members (excludes halogenated alkanes) is 3. The number of aliphatic hydroxyl groups excluding tert-OH is 19. The monoisotopic (exact) mass is 2070 g/mol. The zero-order chi connectivity index (χ0) is 108. The molecule has 8 aromatic rings. The molecule has 4 aliphatic heterocycles. The van der Waals surface area contributed by atoms with Crippen LogP contribution < -0.4 is 55.1 Å². The number of H-pyrrole nitrogens is 4. The lowest BCUT2D eigenvalue weighted by Gasteiger charge is -2.39. The minimum Gasteiger partial charge on any atom is -0.494 e. The first-order valence-corrected chi connectivity index (χ1v) is 50.2. The average molecular weight is 2080 g/mol. The number of aliphatic imine (C=N–C) groups is 1. The standard InChI is InChI=1S/C28H44N2O8.C27H42N2O9.C25H38N4O7.C23H35N5O7/c1-16(2)22-20(26(30-29-22)38-27-25(35)24(34)23(33)21(14-31)37-27)13-18-8-9-19(12-17(18)3)36-11-7-6-10-28(4,5)15-32;1-15(2)22-20(26(29-28-22)38-27-25(35)24(34)23(33)21(14-32)37-27)11-18-7-8-19(10-16(18)3)36-9-5-4-6-17(12-30)13-31;1-13(2)20-17(11-15-7-8-16(10-14(15)3)34-9-5-4-6-19(26)27)24(29-28-20)36-25-23(33)22(32)21(31)18(12-30)35-25;1-11(2)17-15(9-13-4-5-14(8-12(13)3)33-7-6-26-23(24)25)21(28-27-17)35-22-20(32)19(31)18(30)16(10-29)34-22/h8-9,12,16,21,23-25,27,31-35H,6-7,10-11,13-15H2,1-5H3,(H,29,30);7-8,10,15,17,21,23-25,27,30-35H,4-6,9,11-14H2,1-3H3,(H,28,29);7-8,10,13,18,21-23,25,30-33H,4-6,9,11-12H2,1-3H3,(H3,26,27)(H,28,29);4-5,8,11,16,18-20,22,29-32H,6-7,9-10H2,1-3H3,(H,27,28)(H4,24,25,26)/t2*21-,23-,24+,25-,27+;18-,21-,22+,23-,25+;16-,18-,19+,20-,22+/m1111/s1. The van der Waals surface area contributed by atoms with Crippen molar-refractivity contribution >= 4 is 11.8 Å². The lowest BCUT2D eigenvalue weighted by Crippen LogP contribution is -2.60. The van der Waals surface area contributed by atoms with E-state index in [0.29, 0.717) is 70.8 Å². The smallest absolute Gasteiger partial charge is 0.238 e. The number of aryl methyl sites for hydroxylation is 4. The molecule has 0 aliphatic carbocycles. The van der Waals surface area contributed by atoms with E-state index in [1.165, 1.54) is 0 Å². The van der Waals surface area contributed by atoms with Crippen molar-refractivity contribution in [1.29, 1.82) is 5.41 Å². The molecule has 0 unspecified atom stereocenters. The van der Waals surface area contributed by atoms with Gasteiger partial charge in [0.2, 0.25) is 48.7 Å². The van der Waals surface area contributed by atoms with E-state index in [4.69, 9.17) is 89.7 Å². The van der Waals surface area contributed by atoms with Crippen LogP contribution in [0, 0.1) is 44.4 Å². The quantitative estimate of drug-likeness (QED) is 0.0148. The van der Waals surface area contributed by atoms with Crippen LogP contribution in [0.1, 0.15) is 240 Å². The number of aromatic nitrogens is 8. The van der Waals surface area contributed by atoms with Crippen LogP contribution >= 0.6 is 0 Å². The van der Waals surface area contributed by atoms with Gasteiger partial charge < -0.3 is 171 Å². The van der Waals surface area contributed by atoms with E-state index in [1.54, 1.807) is 0 Å². The summed E-state index contributed by atoms with van der Waals surface area (Å²) in [7, 11) is 0. The van der Waals surface area contributed by atoms with Gasteiger partial charge in [0.25, 0.3) is 0 Å². The van der Waals surface area contributed by atoms with E-state index in [1.807, 2.05) is 156 Å². The normalized spacial score (nSPS) is 24.1. The summed E-state index contributed by atoms with van der Waals surface area (Å²) in [4.78, 5) is 3.89. The molecule has 30 N–H and O–H groups in total. The Balaban J connectivity index is 0.000000218. The molecular weight excluding hydrogens is 1920 g/mol. The molecule has 4 saturated heterocycles. The number of hydrogen-bond donors (Lipinski definition) is 27. The lowest BCUT2D eigenvalue weighted by atomic mass is 9.88. The Morgan fingerprint density at radius 2 is 0.639 bits per heavy atom. The molecule has 0 amide bonds. The summed E-state index contributed by atoms with van der Waals surface area (Å²) in [6, 6.07) is 23.4. The van der Waals surface area contributed by atoms with Gasteiger partial charge in [-0.3, -0.25) is 30.8 Å². The highest BCUT2D eigenvalue weighted by Gasteiger charge is 2.50. The number of nitrogens with zero attached hydrogens (tertiary/aromatic N) is 5. The van der Waals surface area contributed by atoms with Gasteiger partial charge in [-0.1, -0.05) is 93.5 Å². The molecular formula is C103H159N13O31. The maximum Gasteiger partial charge on any atom is 0.238 e. The number of aromatic amines is 4. The highest BCUT2D eigenvalue weighted by molar-refractivity contribution is 5.76. The van der Waals surface area contributed by atoms with Crippen molar-refractivity contribution in [2.24, 2.45) is 33.5 Å². The van der Waals surface area contributed by atoms with Crippen LogP contribution in [-0.4, -0.2) is 352 Å². The third-order valence-corrected chi connectivity index (χ3v) is 26.3. The summed E-state index contributed by atoms with van der Waals surface area (Å²) in [5.41, 5.74) is 30.6. The van der Waals surface area contributed by atoms with Gasteiger partial charge in [-0.15, -0.1) is 20.4 Å². The van der Waals surface area contributed by atoms with Crippen molar-refractivity contribution in [2.45, 2.75) is 327 Å². The van der Waals surface area contributed by atoms with E-state index < -0.39 is 149 Å². The van der Waals surface area contributed by atoms with Crippen LogP contribution in [0.2, 0.25) is 0 Å². The van der Waals surface area contributed by atoms with Crippen LogP contribution in [0.25, 0.3) is 0 Å². The van der Waals surface area contributed by atoms with Crippen molar-refractivity contribution < 1.29 is 154 Å². The van der Waals surface area contributed by atoms with Crippen molar-refractivity contribution in [3.05, 3.63) is 162 Å². The van der Waals surface area contributed by atoms with Gasteiger partial charge >= 0.3 is 0 Å². The fourth-order valence-corrected chi connectivity index (χ4v) is 17.0. The van der Waals surface area contributed by atoms with Gasteiger partial charge in [-0.05, 0) is 201 Å². The van der Waals surface area contributed by atoms with Crippen molar-refractivity contribution in [3.8, 4) is 46.5 Å². The number of rotatable bonds is 49. The second kappa shape index (κ2) is 57.8. The van der Waals surface area contributed by atoms with Crippen molar-refractivity contribution in [2.75, 3.05) is 79.2 Å². The van der Waals surface area contributed by atoms with Gasteiger partial charge in [0.1, 0.15) is 127 Å². The van der Waals surface area contributed by atoms with E-state index >= 15 is 0 Å². The zero-order valence-electron chi connectivity index (χ0n) is 86.4. The Kier molecular flexibility index (Phi) is 47.4. The summed E-state index contributed by atoms with van der Waals surface area (Å²) < 4.78 is 68.8. The zero-order valence-corrected chi connectivity index (χ0v) is 86.4. The second-order valence-electron chi connectivity index (χ2n) is 39.8. The Hall–Kier alpha value is -10.1. The SMILES string of the molecule is Cc1cc(OCCCCC(=N)N)ccc1Cc1c(O[C@@H]2O[C@H](CO)[C@@H](O)[C@H](O)[C@H]2O)n[nH]c1C(C)C.Cc1cc(OCCCCC(C)(C)CO)ccc1Cc1c(O[C@@H]2O[C@H](CO)[C@@H](O)[C@H](O)[C@H]2O)n[nH]c1C(C)C.Cc1cc(OCCCCC(CO)CO)ccc1Cc1c(O[C@@H]2O[C@H](CO)[C@@H](O)[C@H](O)[C@H]2O)n[nH]c1C(C)C.Cc1cc(OCCN=C(N)N)ccc1Cc1c(O[C@@H]2O[C@H](CO)[C@@H](O)[C@H](O)[C@H]2O)n[nH]c1C(C)C. The maximum atomic E-state index is 10.4. The lowest BCUT2D eigenvalue weighted by molar-refractivity contribution is -0.278. The van der Waals surface area contributed by atoms with E-state index in [9.17, 15) is 86.8 Å². The number of amidine groups is 1. The number of nitrogens with two attached hydrogens (primary N) is 3. The fourth-order valence-electron chi connectivity index (χ4n) is 17.0. The summed E-state index contributed by atoms with van der Waals surface area (Å²) in [6.07, 6.45) is -18.3. The predicted molar refractivity (Wildman–Crippen MR) is 539 cm³/mol.